The molecule has 5 heteroatoms. The Hall–Kier alpha value is -1.65. The molecule has 0 aromatic carbocycles. The number of carboxylic acids is 1. The molecular formula is C11H17N3O2. The molecule has 0 radical (unpaired) electrons. The molecule has 88 valence electrons. The van der Waals surface area contributed by atoms with Gasteiger partial charge < -0.3 is 10.0 Å². The average Bonchev–Trinajstić information content (AvgIpc) is 2.27. The number of carboxylic acid groups (broad SMARTS) is 1. The maximum absolute atomic E-state index is 10.6. The molecule has 5 nitrogen and oxygen atoms in total. The summed E-state index contributed by atoms with van der Waals surface area (Å²) in [4.78, 5) is 12.6. The van der Waals surface area contributed by atoms with Crippen molar-refractivity contribution in [1.82, 2.24) is 10.2 Å². The second kappa shape index (κ2) is 4.92. The van der Waals surface area contributed by atoms with Crippen LogP contribution in [0.15, 0.2) is 12.1 Å². The van der Waals surface area contributed by atoms with Gasteiger partial charge in [0, 0.05) is 13.1 Å². The van der Waals surface area contributed by atoms with Gasteiger partial charge >= 0.3 is 5.97 Å². The number of nitrogens with zero attached hydrogens (tertiary/aromatic N) is 3. The second-order valence-corrected chi connectivity index (χ2v) is 4.18. The Morgan fingerprint density at radius 1 is 1.31 bits per heavy atom. The maximum Gasteiger partial charge on any atom is 0.356 e. The highest BCUT2D eigenvalue weighted by Crippen LogP contribution is 2.15. The van der Waals surface area contributed by atoms with Gasteiger partial charge in [-0.3, -0.25) is 0 Å². The van der Waals surface area contributed by atoms with Gasteiger partial charge in [0.1, 0.15) is 0 Å². The maximum atomic E-state index is 10.6. The topological polar surface area (TPSA) is 66.3 Å². The van der Waals surface area contributed by atoms with Gasteiger partial charge in [-0.1, -0.05) is 13.8 Å². The van der Waals surface area contributed by atoms with Gasteiger partial charge in [0.15, 0.2) is 11.5 Å². The summed E-state index contributed by atoms with van der Waals surface area (Å²) in [6, 6.07) is 3.47. The lowest BCUT2D eigenvalue weighted by Crippen LogP contribution is -2.34. The van der Waals surface area contributed by atoms with Crippen molar-refractivity contribution in [2.24, 2.45) is 5.92 Å². The molecule has 0 aliphatic carbocycles. The molecule has 0 saturated heterocycles. The van der Waals surface area contributed by atoms with Crippen LogP contribution < -0.4 is 4.90 Å². The van der Waals surface area contributed by atoms with E-state index in [4.69, 9.17) is 5.11 Å². The van der Waals surface area contributed by atoms with Crippen LogP contribution in [0.25, 0.3) is 0 Å². The van der Waals surface area contributed by atoms with Crippen molar-refractivity contribution in [3.63, 3.8) is 0 Å². The fourth-order valence-corrected chi connectivity index (χ4v) is 1.28. The third-order valence-electron chi connectivity index (χ3n) is 2.81. The van der Waals surface area contributed by atoms with E-state index >= 15 is 0 Å². The van der Waals surface area contributed by atoms with Gasteiger partial charge in [-0.2, -0.15) is 0 Å². The summed E-state index contributed by atoms with van der Waals surface area (Å²) in [5.74, 6) is 0.121. The van der Waals surface area contributed by atoms with E-state index in [1.165, 1.54) is 6.07 Å². The first kappa shape index (κ1) is 12.4. The van der Waals surface area contributed by atoms with E-state index in [1.54, 1.807) is 6.07 Å². The summed E-state index contributed by atoms with van der Waals surface area (Å²) in [6.45, 7) is 6.35. The van der Waals surface area contributed by atoms with E-state index in [0.29, 0.717) is 17.8 Å². The molecular weight excluding hydrogens is 206 g/mol. The quantitative estimate of drug-likeness (QED) is 0.840. The number of anilines is 1. The molecule has 0 spiro atoms. The lowest BCUT2D eigenvalue weighted by molar-refractivity contribution is 0.0689. The van der Waals surface area contributed by atoms with Crippen molar-refractivity contribution in [1.29, 1.82) is 0 Å². The highest BCUT2D eigenvalue weighted by molar-refractivity contribution is 5.85. The third-order valence-corrected chi connectivity index (χ3v) is 2.81. The third kappa shape index (κ3) is 2.68. The van der Waals surface area contributed by atoms with E-state index in [1.807, 2.05) is 11.9 Å². The van der Waals surface area contributed by atoms with Crippen molar-refractivity contribution >= 4 is 11.8 Å². The minimum absolute atomic E-state index is 0.0330. The van der Waals surface area contributed by atoms with Crippen LogP contribution in [0.5, 0.6) is 0 Å². The molecule has 0 aliphatic heterocycles. The van der Waals surface area contributed by atoms with Crippen LogP contribution in [-0.2, 0) is 0 Å². The van der Waals surface area contributed by atoms with Crippen LogP contribution >= 0.6 is 0 Å². The van der Waals surface area contributed by atoms with E-state index in [0.717, 1.165) is 0 Å². The lowest BCUT2D eigenvalue weighted by atomic mass is 10.1. The highest BCUT2D eigenvalue weighted by atomic mass is 16.4. The molecule has 1 aromatic rings. The van der Waals surface area contributed by atoms with Crippen LogP contribution in [0, 0.1) is 5.92 Å². The Morgan fingerprint density at radius 2 is 1.94 bits per heavy atom. The Kier molecular flexibility index (Phi) is 3.82. The Bertz CT molecular complexity index is 362. The minimum atomic E-state index is -1.06. The highest BCUT2D eigenvalue weighted by Gasteiger charge is 2.15. The zero-order chi connectivity index (χ0) is 12.3. The van der Waals surface area contributed by atoms with E-state index in [9.17, 15) is 4.79 Å². The van der Waals surface area contributed by atoms with Crippen molar-refractivity contribution in [3.05, 3.63) is 17.8 Å². The summed E-state index contributed by atoms with van der Waals surface area (Å²) in [6.07, 6.45) is 0. The van der Waals surface area contributed by atoms with Gasteiger partial charge in [0.05, 0.1) is 0 Å². The van der Waals surface area contributed by atoms with Crippen LogP contribution in [0.2, 0.25) is 0 Å². The lowest BCUT2D eigenvalue weighted by Gasteiger charge is -2.28. The summed E-state index contributed by atoms with van der Waals surface area (Å²) >= 11 is 0. The van der Waals surface area contributed by atoms with Crippen molar-refractivity contribution in [2.45, 2.75) is 26.8 Å². The molecule has 0 aliphatic rings. The summed E-state index contributed by atoms with van der Waals surface area (Å²) in [7, 11) is 1.93. The second-order valence-electron chi connectivity index (χ2n) is 4.18. The SMILES string of the molecule is CC(C)C(C)N(C)c1ccc(C(=O)O)nn1. The standard InChI is InChI=1S/C11H17N3O2/c1-7(2)8(3)14(4)10-6-5-9(11(15)16)12-13-10/h5-8H,1-4H3,(H,15,16). The average molecular weight is 223 g/mol. The number of carbonyl (C=O) groups is 1. The van der Waals surface area contributed by atoms with Gasteiger partial charge in [-0.05, 0) is 25.0 Å². The molecule has 0 fully saturated rings. The number of aromatic carboxylic acids is 1. The van der Waals surface area contributed by atoms with Crippen LogP contribution in [-0.4, -0.2) is 34.4 Å². The molecule has 0 bridgehead atoms. The molecule has 0 amide bonds. The molecule has 16 heavy (non-hydrogen) atoms. The number of hydrogen-bond donors (Lipinski definition) is 1. The molecule has 1 atom stereocenters. The van der Waals surface area contributed by atoms with Crippen LogP contribution in [0.4, 0.5) is 5.82 Å². The van der Waals surface area contributed by atoms with Crippen LogP contribution in [0.3, 0.4) is 0 Å². The first-order chi connectivity index (χ1) is 7.43. The first-order valence-corrected chi connectivity index (χ1v) is 5.23. The molecule has 1 unspecified atom stereocenters. The van der Waals surface area contributed by atoms with Gasteiger partial charge in [0.2, 0.25) is 0 Å². The Labute approximate surface area is 95.1 Å². The van der Waals surface area contributed by atoms with Crippen LogP contribution in [0.1, 0.15) is 31.3 Å². The fourth-order valence-electron chi connectivity index (χ4n) is 1.28. The molecule has 0 saturated carbocycles. The van der Waals surface area contributed by atoms with E-state index < -0.39 is 5.97 Å². The minimum Gasteiger partial charge on any atom is -0.476 e. The van der Waals surface area contributed by atoms with Crippen molar-refractivity contribution in [2.75, 3.05) is 11.9 Å². The van der Waals surface area contributed by atoms with Gasteiger partial charge in [-0.15, -0.1) is 10.2 Å². The number of rotatable bonds is 4. The van der Waals surface area contributed by atoms with Crippen molar-refractivity contribution < 1.29 is 9.90 Å². The Morgan fingerprint density at radius 3 is 2.31 bits per heavy atom. The van der Waals surface area contributed by atoms with Gasteiger partial charge in [0.25, 0.3) is 0 Å². The van der Waals surface area contributed by atoms with Crippen molar-refractivity contribution in [3.8, 4) is 0 Å². The van der Waals surface area contributed by atoms with Gasteiger partial charge in [-0.25, -0.2) is 4.79 Å². The molecule has 1 aromatic heterocycles. The fraction of sp³-hybridized carbons (Fsp3) is 0.545. The molecule has 1 heterocycles. The number of hydrogen-bond acceptors (Lipinski definition) is 4. The smallest absolute Gasteiger partial charge is 0.356 e. The van der Waals surface area contributed by atoms with E-state index in [-0.39, 0.29) is 5.69 Å². The Balaban J connectivity index is 2.85. The summed E-state index contributed by atoms with van der Waals surface area (Å²) in [5, 5.41) is 16.2. The molecule has 1 N–H and O–H groups in total. The monoisotopic (exact) mass is 223 g/mol. The number of aromatic nitrogens is 2. The summed E-state index contributed by atoms with van der Waals surface area (Å²) < 4.78 is 0. The zero-order valence-electron chi connectivity index (χ0n) is 10.0. The normalized spacial score (nSPS) is 12.6. The van der Waals surface area contributed by atoms with E-state index in [2.05, 4.69) is 31.0 Å². The first-order valence-electron chi connectivity index (χ1n) is 5.23. The predicted octanol–water partition coefficient (Wildman–Crippen LogP) is 1.66. The predicted molar refractivity (Wildman–Crippen MR) is 61.7 cm³/mol. The largest absolute Gasteiger partial charge is 0.476 e. The zero-order valence-corrected chi connectivity index (χ0v) is 10.0. The summed E-state index contributed by atoms with van der Waals surface area (Å²) in [5.41, 5.74) is -0.0330. The molecule has 1 rings (SSSR count).